The average molecular weight is 514 g/mol. The summed E-state index contributed by atoms with van der Waals surface area (Å²) in [5.74, 6) is 0.235. The number of carbonyl (C=O) groups is 2. The van der Waals surface area contributed by atoms with Crippen LogP contribution >= 0.6 is 23.2 Å². The molecule has 2 heterocycles. The predicted molar refractivity (Wildman–Crippen MR) is 138 cm³/mol. The Morgan fingerprint density at radius 3 is 2.26 bits per heavy atom. The van der Waals surface area contributed by atoms with E-state index in [2.05, 4.69) is 6.07 Å². The van der Waals surface area contributed by atoms with Crippen molar-refractivity contribution in [1.82, 2.24) is 14.7 Å². The molecule has 1 aliphatic rings. The van der Waals surface area contributed by atoms with Gasteiger partial charge in [0.25, 0.3) is 0 Å². The maximum absolute atomic E-state index is 12.5. The smallest absolute Gasteiger partial charge is 0.410 e. The van der Waals surface area contributed by atoms with Gasteiger partial charge in [-0.15, -0.1) is 0 Å². The number of amides is 1. The molecule has 2 aromatic carbocycles. The highest BCUT2D eigenvalue weighted by Gasteiger charge is 2.29. The van der Waals surface area contributed by atoms with E-state index in [0.29, 0.717) is 35.2 Å². The number of ether oxygens (including phenoxy) is 1. The second kappa shape index (κ2) is 10.4. The zero-order valence-corrected chi connectivity index (χ0v) is 21.6. The van der Waals surface area contributed by atoms with Crippen molar-refractivity contribution >= 4 is 35.6 Å². The van der Waals surface area contributed by atoms with Gasteiger partial charge in [-0.1, -0.05) is 47.5 Å². The highest BCUT2D eigenvalue weighted by molar-refractivity contribution is 6.35. The van der Waals surface area contributed by atoms with Gasteiger partial charge in [0.2, 0.25) is 0 Å². The largest absolute Gasteiger partial charge is 0.444 e. The quantitative estimate of drug-likeness (QED) is 0.350. The number of piperidine rings is 1. The molecule has 1 fully saturated rings. The zero-order chi connectivity index (χ0) is 25.2. The Morgan fingerprint density at radius 1 is 1.06 bits per heavy atom. The summed E-state index contributed by atoms with van der Waals surface area (Å²) in [4.78, 5) is 25.3. The molecule has 1 saturated heterocycles. The third kappa shape index (κ3) is 6.44. The Labute approximate surface area is 215 Å². The number of carbonyl (C=O) groups excluding carboxylic acids is 2. The fourth-order valence-electron chi connectivity index (χ4n) is 4.29. The van der Waals surface area contributed by atoms with Gasteiger partial charge < -0.3 is 9.64 Å². The van der Waals surface area contributed by atoms with E-state index in [1.165, 1.54) is 0 Å². The van der Waals surface area contributed by atoms with Gasteiger partial charge in [0.1, 0.15) is 11.9 Å². The topological polar surface area (TPSA) is 64.4 Å². The van der Waals surface area contributed by atoms with Crippen molar-refractivity contribution in [1.29, 1.82) is 0 Å². The summed E-state index contributed by atoms with van der Waals surface area (Å²) in [5, 5.41) is 6.01. The van der Waals surface area contributed by atoms with Gasteiger partial charge in [0, 0.05) is 45.9 Å². The van der Waals surface area contributed by atoms with Crippen LogP contribution in [0, 0.1) is 0 Å². The first-order valence-corrected chi connectivity index (χ1v) is 12.4. The number of rotatable bonds is 5. The van der Waals surface area contributed by atoms with Crippen LogP contribution in [-0.4, -0.2) is 45.8 Å². The summed E-state index contributed by atoms with van der Waals surface area (Å²) in [6.45, 7) is 7.44. The predicted octanol–water partition coefficient (Wildman–Crippen LogP) is 6.83. The lowest BCUT2D eigenvalue weighted by Gasteiger charge is -2.33. The molecule has 1 amide bonds. The third-order valence-corrected chi connectivity index (χ3v) is 6.42. The number of benzene rings is 2. The molecule has 0 unspecified atom stereocenters. The van der Waals surface area contributed by atoms with Gasteiger partial charge in [-0.05, 0) is 63.4 Å². The van der Waals surface area contributed by atoms with E-state index in [9.17, 15) is 9.59 Å². The zero-order valence-electron chi connectivity index (χ0n) is 20.1. The molecule has 3 aromatic rings. The number of hydrogen-bond donors (Lipinski definition) is 0. The van der Waals surface area contributed by atoms with Crippen LogP contribution in [0.15, 0.2) is 48.5 Å². The van der Waals surface area contributed by atoms with Crippen LogP contribution in [0.4, 0.5) is 4.79 Å². The molecule has 8 heteroatoms. The number of nitrogens with zero attached hydrogens (tertiary/aromatic N) is 3. The molecule has 1 aromatic heterocycles. The van der Waals surface area contributed by atoms with Crippen molar-refractivity contribution in [3.8, 4) is 11.3 Å². The van der Waals surface area contributed by atoms with E-state index in [1.54, 1.807) is 11.0 Å². The molecule has 35 heavy (non-hydrogen) atoms. The van der Waals surface area contributed by atoms with Crippen LogP contribution in [0.3, 0.4) is 0 Å². The minimum absolute atomic E-state index is 0.235. The number of aldehydes is 1. The van der Waals surface area contributed by atoms with E-state index in [0.717, 1.165) is 41.6 Å². The molecular weight excluding hydrogens is 485 g/mol. The highest BCUT2D eigenvalue weighted by atomic mass is 35.5. The van der Waals surface area contributed by atoms with Crippen LogP contribution in [0.1, 0.15) is 61.1 Å². The highest BCUT2D eigenvalue weighted by Crippen LogP contribution is 2.33. The van der Waals surface area contributed by atoms with E-state index in [1.807, 2.05) is 61.9 Å². The second-order valence-corrected chi connectivity index (χ2v) is 10.7. The molecule has 0 bridgehead atoms. The summed E-state index contributed by atoms with van der Waals surface area (Å²) in [6.07, 6.45) is 2.19. The van der Waals surface area contributed by atoms with Crippen molar-refractivity contribution in [2.45, 2.75) is 51.7 Å². The third-order valence-electron chi connectivity index (χ3n) is 5.98. The molecule has 1 aliphatic heterocycles. The van der Waals surface area contributed by atoms with Crippen molar-refractivity contribution in [2.24, 2.45) is 0 Å². The summed E-state index contributed by atoms with van der Waals surface area (Å²) < 4.78 is 7.55. The molecule has 0 radical (unpaired) electrons. The van der Waals surface area contributed by atoms with Crippen LogP contribution in [0.2, 0.25) is 10.0 Å². The maximum Gasteiger partial charge on any atom is 0.410 e. The summed E-state index contributed by atoms with van der Waals surface area (Å²) in [5.41, 5.74) is 3.91. The minimum atomic E-state index is -0.515. The first kappa shape index (κ1) is 25.3. The lowest BCUT2D eigenvalue weighted by atomic mass is 9.93. The van der Waals surface area contributed by atoms with Crippen molar-refractivity contribution in [3.63, 3.8) is 0 Å². The normalized spacial score (nSPS) is 14.7. The fourth-order valence-corrected chi connectivity index (χ4v) is 4.81. The van der Waals surface area contributed by atoms with Crippen LogP contribution in [0.5, 0.6) is 0 Å². The lowest BCUT2D eigenvalue weighted by molar-refractivity contribution is 0.0203. The minimum Gasteiger partial charge on any atom is -0.444 e. The Kier molecular flexibility index (Phi) is 7.53. The molecule has 0 N–H and O–H groups in total. The van der Waals surface area contributed by atoms with Crippen LogP contribution < -0.4 is 0 Å². The molecule has 4 rings (SSSR count). The molecule has 6 nitrogen and oxygen atoms in total. The maximum atomic E-state index is 12.5. The molecule has 0 atom stereocenters. The van der Waals surface area contributed by atoms with Gasteiger partial charge in [0.15, 0.2) is 0 Å². The molecule has 0 spiro atoms. The summed E-state index contributed by atoms with van der Waals surface area (Å²) in [7, 11) is 0. The van der Waals surface area contributed by atoms with Crippen molar-refractivity contribution < 1.29 is 14.3 Å². The average Bonchev–Trinajstić information content (AvgIpc) is 3.22. The molecular formula is C27H29Cl2N3O3. The van der Waals surface area contributed by atoms with E-state index >= 15 is 0 Å². The number of halogens is 2. The SMILES string of the molecule is CC(C)(C)OC(=O)N1CCC(c2cc(-c3cc(Cl)cc(Cl)c3)nn2Cc2ccc(C=O)cc2)CC1. The van der Waals surface area contributed by atoms with Gasteiger partial charge in [-0.2, -0.15) is 5.10 Å². The fraction of sp³-hybridized carbons (Fsp3) is 0.370. The number of hydrogen-bond acceptors (Lipinski definition) is 4. The monoisotopic (exact) mass is 513 g/mol. The van der Waals surface area contributed by atoms with E-state index in [-0.39, 0.29) is 12.0 Å². The summed E-state index contributed by atoms with van der Waals surface area (Å²) in [6, 6.07) is 15.0. The van der Waals surface area contributed by atoms with Crippen molar-refractivity contribution in [3.05, 3.63) is 75.4 Å². The Balaban J connectivity index is 1.60. The molecule has 0 saturated carbocycles. The van der Waals surface area contributed by atoms with Gasteiger partial charge >= 0.3 is 6.09 Å². The van der Waals surface area contributed by atoms with Crippen LogP contribution in [0.25, 0.3) is 11.3 Å². The first-order valence-electron chi connectivity index (χ1n) is 11.7. The first-order chi connectivity index (χ1) is 16.6. The van der Waals surface area contributed by atoms with Crippen LogP contribution in [-0.2, 0) is 11.3 Å². The van der Waals surface area contributed by atoms with Crippen molar-refractivity contribution in [2.75, 3.05) is 13.1 Å². The van der Waals surface area contributed by atoms with Gasteiger partial charge in [-0.25, -0.2) is 4.79 Å². The Morgan fingerprint density at radius 2 is 1.69 bits per heavy atom. The van der Waals surface area contributed by atoms with E-state index in [4.69, 9.17) is 33.0 Å². The number of likely N-dealkylation sites (tertiary alicyclic amines) is 1. The summed E-state index contributed by atoms with van der Waals surface area (Å²) >= 11 is 12.5. The lowest BCUT2D eigenvalue weighted by Crippen LogP contribution is -2.41. The Hall–Kier alpha value is -2.83. The standard InChI is InChI=1S/C27H29Cl2N3O3/c1-27(2,3)35-26(34)31-10-8-20(9-11-31)25-15-24(21-12-22(28)14-23(29)13-21)30-32(25)16-18-4-6-19(17-33)7-5-18/h4-7,12-15,17,20H,8-11,16H2,1-3H3. The Bertz CT molecular complexity index is 1190. The van der Waals surface area contributed by atoms with E-state index < -0.39 is 5.60 Å². The van der Waals surface area contributed by atoms with Gasteiger partial charge in [0.05, 0.1) is 12.2 Å². The second-order valence-electron chi connectivity index (χ2n) is 9.87. The van der Waals surface area contributed by atoms with Gasteiger partial charge in [-0.3, -0.25) is 9.48 Å². The number of aromatic nitrogens is 2. The molecule has 0 aliphatic carbocycles. The molecule has 184 valence electrons.